The molecule has 3 rings (SSSR count). The predicted octanol–water partition coefficient (Wildman–Crippen LogP) is 6.65. The number of nitrogens with zero attached hydrogens (tertiary/aromatic N) is 1. The van der Waals surface area contributed by atoms with Crippen LogP contribution in [0.1, 0.15) is 21.5 Å². The van der Waals surface area contributed by atoms with Crippen molar-refractivity contribution in [3.8, 4) is 11.5 Å². The van der Waals surface area contributed by atoms with E-state index >= 15 is 0 Å². The molecule has 0 unspecified atom stereocenters. The highest BCUT2D eigenvalue weighted by atomic mass is 35.5. The lowest BCUT2D eigenvalue weighted by atomic mass is 10.2. The monoisotopic (exact) mass is 496 g/mol. The van der Waals surface area contributed by atoms with Crippen molar-refractivity contribution >= 4 is 58.5 Å². The number of methoxy groups -OCH3 is 1. The first-order valence-corrected chi connectivity index (χ1v) is 10.4. The van der Waals surface area contributed by atoms with Crippen LogP contribution in [-0.4, -0.2) is 19.2 Å². The third-order valence-corrected chi connectivity index (χ3v) is 5.53. The Balaban J connectivity index is 1.70. The molecule has 160 valence electrons. The van der Waals surface area contributed by atoms with Crippen molar-refractivity contribution in [2.75, 3.05) is 7.11 Å². The number of hydrogen-bond acceptors (Lipinski definition) is 4. The molecule has 0 heterocycles. The van der Waals surface area contributed by atoms with Gasteiger partial charge in [-0.1, -0.05) is 64.6 Å². The second-order valence-corrected chi connectivity index (χ2v) is 7.87. The lowest BCUT2D eigenvalue weighted by Gasteiger charge is -2.14. The Morgan fingerprint density at radius 1 is 0.968 bits per heavy atom. The minimum atomic E-state index is -0.437. The molecule has 0 aliphatic carbocycles. The van der Waals surface area contributed by atoms with E-state index in [-0.39, 0.29) is 11.6 Å². The lowest BCUT2D eigenvalue weighted by Crippen LogP contribution is -2.17. The average molecular weight is 498 g/mol. The zero-order valence-corrected chi connectivity index (χ0v) is 19.2. The molecular weight excluding hydrogens is 482 g/mol. The first-order valence-electron chi connectivity index (χ1n) is 8.91. The van der Waals surface area contributed by atoms with Gasteiger partial charge in [0, 0.05) is 16.1 Å². The highest BCUT2D eigenvalue weighted by Gasteiger charge is 2.13. The second kappa shape index (κ2) is 10.7. The first kappa shape index (κ1) is 23.2. The molecule has 0 aliphatic rings. The molecule has 31 heavy (non-hydrogen) atoms. The molecule has 5 nitrogen and oxygen atoms in total. The first-order chi connectivity index (χ1) is 14.9. The van der Waals surface area contributed by atoms with Gasteiger partial charge in [0.15, 0.2) is 11.5 Å². The summed E-state index contributed by atoms with van der Waals surface area (Å²) in [5.74, 6) is 0.352. The summed E-state index contributed by atoms with van der Waals surface area (Å²) in [6.07, 6.45) is 1.43. The molecule has 0 saturated heterocycles. The van der Waals surface area contributed by atoms with E-state index in [0.29, 0.717) is 37.7 Å². The molecular formula is C22H16Cl4N2O3. The molecule has 0 atom stereocenters. The summed E-state index contributed by atoms with van der Waals surface area (Å²) in [6, 6.07) is 15.2. The highest BCUT2D eigenvalue weighted by Crippen LogP contribution is 2.37. The van der Waals surface area contributed by atoms with Crippen molar-refractivity contribution in [3.05, 3.63) is 91.4 Å². The van der Waals surface area contributed by atoms with Crippen LogP contribution in [0.25, 0.3) is 0 Å². The van der Waals surface area contributed by atoms with Crippen LogP contribution in [0.4, 0.5) is 0 Å². The van der Waals surface area contributed by atoms with Crippen LogP contribution >= 0.6 is 46.4 Å². The fourth-order valence-corrected chi connectivity index (χ4v) is 3.35. The zero-order chi connectivity index (χ0) is 22.4. The maximum Gasteiger partial charge on any atom is 0.271 e. The number of hydrogen-bond donors (Lipinski definition) is 1. The molecule has 1 N–H and O–H groups in total. The number of ether oxygens (including phenoxy) is 2. The molecule has 0 aromatic heterocycles. The number of carbonyl (C=O) groups is 1. The third-order valence-electron chi connectivity index (χ3n) is 4.14. The summed E-state index contributed by atoms with van der Waals surface area (Å²) < 4.78 is 11.2. The largest absolute Gasteiger partial charge is 0.493 e. The van der Waals surface area contributed by atoms with Crippen molar-refractivity contribution in [2.45, 2.75) is 6.61 Å². The fraction of sp³-hybridized carbons (Fsp3) is 0.0909. The van der Waals surface area contributed by atoms with Gasteiger partial charge >= 0.3 is 0 Å². The van der Waals surface area contributed by atoms with Crippen molar-refractivity contribution < 1.29 is 14.3 Å². The molecule has 9 heteroatoms. The molecule has 0 spiro atoms. The van der Waals surface area contributed by atoms with E-state index in [1.54, 1.807) is 24.3 Å². The van der Waals surface area contributed by atoms with Gasteiger partial charge in [-0.3, -0.25) is 4.79 Å². The van der Waals surface area contributed by atoms with Crippen molar-refractivity contribution in [3.63, 3.8) is 0 Å². The summed E-state index contributed by atoms with van der Waals surface area (Å²) in [5, 5.41) is 5.51. The number of benzene rings is 3. The van der Waals surface area contributed by atoms with Gasteiger partial charge in [0.2, 0.25) is 0 Å². The minimum absolute atomic E-state index is 0.225. The molecule has 0 radical (unpaired) electrons. The number of hydrazone groups is 1. The predicted molar refractivity (Wildman–Crippen MR) is 125 cm³/mol. The number of amides is 1. The molecule has 0 aliphatic heterocycles. The summed E-state index contributed by atoms with van der Waals surface area (Å²) in [5.41, 5.74) is 4.16. The Morgan fingerprint density at radius 3 is 2.45 bits per heavy atom. The maximum atomic E-state index is 12.2. The van der Waals surface area contributed by atoms with Crippen LogP contribution in [0.2, 0.25) is 20.1 Å². The van der Waals surface area contributed by atoms with Gasteiger partial charge in [-0.15, -0.1) is 0 Å². The van der Waals surface area contributed by atoms with Crippen LogP contribution in [0, 0.1) is 0 Å². The van der Waals surface area contributed by atoms with E-state index in [9.17, 15) is 4.79 Å². The van der Waals surface area contributed by atoms with Gasteiger partial charge in [0.1, 0.15) is 6.61 Å². The van der Waals surface area contributed by atoms with Gasteiger partial charge in [-0.2, -0.15) is 5.10 Å². The van der Waals surface area contributed by atoms with Crippen molar-refractivity contribution in [1.82, 2.24) is 5.43 Å². The molecule has 0 saturated carbocycles. The van der Waals surface area contributed by atoms with Crippen LogP contribution in [0.15, 0.2) is 59.7 Å². The van der Waals surface area contributed by atoms with E-state index in [1.807, 2.05) is 18.2 Å². The number of halogens is 4. The van der Waals surface area contributed by atoms with Crippen LogP contribution in [0.5, 0.6) is 11.5 Å². The zero-order valence-electron chi connectivity index (χ0n) is 16.2. The van der Waals surface area contributed by atoms with E-state index in [4.69, 9.17) is 55.9 Å². The molecule has 3 aromatic carbocycles. The van der Waals surface area contributed by atoms with Crippen LogP contribution in [0.3, 0.4) is 0 Å². The van der Waals surface area contributed by atoms with Gasteiger partial charge < -0.3 is 9.47 Å². The third kappa shape index (κ3) is 6.05. The Labute approximate surface area is 199 Å². The number of carbonyl (C=O) groups excluding carboxylic acids is 1. The highest BCUT2D eigenvalue weighted by molar-refractivity contribution is 6.42. The number of nitrogens with one attached hydrogen (secondary N) is 1. The fourth-order valence-electron chi connectivity index (χ4n) is 2.59. The van der Waals surface area contributed by atoms with Gasteiger partial charge in [0.05, 0.1) is 28.4 Å². The second-order valence-electron chi connectivity index (χ2n) is 6.24. The molecule has 1 amide bonds. The van der Waals surface area contributed by atoms with Crippen LogP contribution < -0.4 is 14.9 Å². The smallest absolute Gasteiger partial charge is 0.271 e. The minimum Gasteiger partial charge on any atom is -0.493 e. The van der Waals surface area contributed by atoms with Gasteiger partial charge in [-0.05, 0) is 42.0 Å². The lowest BCUT2D eigenvalue weighted by molar-refractivity contribution is 0.0955. The summed E-state index contributed by atoms with van der Waals surface area (Å²) in [7, 11) is 1.50. The summed E-state index contributed by atoms with van der Waals surface area (Å²) in [6.45, 7) is 0.225. The normalized spacial score (nSPS) is 10.9. The van der Waals surface area contributed by atoms with Gasteiger partial charge in [-0.25, -0.2) is 5.43 Å². The Morgan fingerprint density at radius 2 is 1.74 bits per heavy atom. The van der Waals surface area contributed by atoms with Gasteiger partial charge in [0.25, 0.3) is 5.91 Å². The Bertz CT molecular complexity index is 1140. The van der Waals surface area contributed by atoms with E-state index in [2.05, 4.69) is 10.5 Å². The Hall–Kier alpha value is -2.44. The van der Waals surface area contributed by atoms with Crippen LogP contribution in [-0.2, 0) is 6.61 Å². The van der Waals surface area contributed by atoms with E-state index in [1.165, 1.54) is 25.5 Å². The standard InChI is InChI=1S/C22H16Cl4N2O3/c1-30-20-9-13(11-27-28-22(29)14-6-7-17(24)18(25)10-14)8-19(26)21(20)31-12-15-4-2-3-5-16(15)23/h2-11H,12H2,1H3,(H,28,29)/b27-11-. The SMILES string of the molecule is COc1cc(/C=N\NC(=O)c2ccc(Cl)c(Cl)c2)cc(Cl)c1OCc1ccccc1Cl. The Kier molecular flexibility index (Phi) is 8.04. The van der Waals surface area contributed by atoms with E-state index < -0.39 is 5.91 Å². The van der Waals surface area contributed by atoms with E-state index in [0.717, 1.165) is 5.56 Å². The van der Waals surface area contributed by atoms with Crippen molar-refractivity contribution in [1.29, 1.82) is 0 Å². The maximum absolute atomic E-state index is 12.2. The average Bonchev–Trinajstić information content (AvgIpc) is 2.75. The topological polar surface area (TPSA) is 59.9 Å². The molecule has 0 bridgehead atoms. The van der Waals surface area contributed by atoms with Crippen molar-refractivity contribution in [2.24, 2.45) is 5.10 Å². The number of rotatable bonds is 7. The quantitative estimate of drug-likeness (QED) is 0.293. The molecule has 3 aromatic rings. The molecule has 0 fully saturated rings. The summed E-state index contributed by atoms with van der Waals surface area (Å²) >= 11 is 24.3. The summed E-state index contributed by atoms with van der Waals surface area (Å²) in [4.78, 5) is 12.2.